The van der Waals surface area contributed by atoms with Gasteiger partial charge in [0.25, 0.3) is 0 Å². The van der Waals surface area contributed by atoms with Gasteiger partial charge in [-0.25, -0.2) is 4.79 Å². The summed E-state index contributed by atoms with van der Waals surface area (Å²) in [6.07, 6.45) is 2.30. The van der Waals surface area contributed by atoms with Gasteiger partial charge in [-0.15, -0.1) is 0 Å². The van der Waals surface area contributed by atoms with Gasteiger partial charge in [-0.1, -0.05) is 43.7 Å². The lowest BCUT2D eigenvalue weighted by Crippen LogP contribution is -2.29. The minimum Gasteiger partial charge on any atom is -0.464 e. The molecule has 0 saturated heterocycles. The molecule has 0 saturated carbocycles. The van der Waals surface area contributed by atoms with Gasteiger partial charge in [-0.3, -0.25) is 4.79 Å². The maximum atomic E-state index is 11.8. The van der Waals surface area contributed by atoms with Crippen LogP contribution >= 0.6 is 0 Å². The smallest absolute Gasteiger partial charge is 0.333 e. The van der Waals surface area contributed by atoms with Crippen molar-refractivity contribution in [2.45, 2.75) is 25.8 Å². The third-order valence-corrected chi connectivity index (χ3v) is 2.35. The van der Waals surface area contributed by atoms with Crippen LogP contribution in [0.1, 0.15) is 31.4 Å². The van der Waals surface area contributed by atoms with Crippen LogP contribution in [0.15, 0.2) is 30.3 Å². The number of carbonyl (C=O) groups excluding carboxylic acids is 2. The van der Waals surface area contributed by atoms with Gasteiger partial charge in [-0.05, 0) is 12.0 Å². The average Bonchev–Trinajstić information content (AvgIpc) is 2.37. The van der Waals surface area contributed by atoms with E-state index in [4.69, 9.17) is 4.74 Å². The highest BCUT2D eigenvalue weighted by Gasteiger charge is 2.20. The largest absolute Gasteiger partial charge is 0.464 e. The van der Waals surface area contributed by atoms with Crippen LogP contribution in [-0.2, 0) is 14.3 Å². The fraction of sp³-hybridized carbons (Fsp3) is 0.385. The van der Waals surface area contributed by atoms with Crippen molar-refractivity contribution < 1.29 is 14.3 Å². The molecular weight excluding hydrogens is 218 g/mol. The summed E-state index contributed by atoms with van der Waals surface area (Å²) in [5, 5.41) is 2.47. The van der Waals surface area contributed by atoms with Gasteiger partial charge in [0.2, 0.25) is 6.41 Å². The van der Waals surface area contributed by atoms with Crippen LogP contribution in [0.2, 0.25) is 0 Å². The quantitative estimate of drug-likeness (QED) is 0.445. The molecule has 92 valence electrons. The first-order valence-electron chi connectivity index (χ1n) is 5.71. The minimum atomic E-state index is -0.717. The average molecular weight is 235 g/mol. The van der Waals surface area contributed by atoms with E-state index in [1.54, 1.807) is 12.1 Å². The molecule has 1 atom stereocenters. The molecule has 1 N–H and O–H groups in total. The number of esters is 1. The number of hydrogen-bond acceptors (Lipinski definition) is 3. The molecule has 0 aliphatic rings. The highest BCUT2D eigenvalue weighted by atomic mass is 16.5. The van der Waals surface area contributed by atoms with Gasteiger partial charge in [-0.2, -0.15) is 0 Å². The Balaban J connectivity index is 2.65. The van der Waals surface area contributed by atoms with Crippen molar-refractivity contribution in [2.75, 3.05) is 6.61 Å². The number of benzene rings is 1. The molecule has 0 fully saturated rings. The first-order valence-corrected chi connectivity index (χ1v) is 5.71. The zero-order valence-corrected chi connectivity index (χ0v) is 9.89. The van der Waals surface area contributed by atoms with Crippen LogP contribution in [0.25, 0.3) is 0 Å². The molecule has 17 heavy (non-hydrogen) atoms. The molecule has 1 aromatic rings. The number of amides is 1. The molecule has 0 heterocycles. The Kier molecular flexibility index (Phi) is 5.79. The normalized spacial score (nSPS) is 11.6. The molecule has 0 aliphatic heterocycles. The van der Waals surface area contributed by atoms with E-state index in [1.807, 2.05) is 25.1 Å². The lowest BCUT2D eigenvalue weighted by molar-refractivity contribution is -0.147. The van der Waals surface area contributed by atoms with Crippen molar-refractivity contribution in [3.8, 4) is 0 Å². The topological polar surface area (TPSA) is 55.4 Å². The number of rotatable bonds is 7. The standard InChI is InChI=1S/C13H17NO3/c1-2-3-9-17-13(16)12(14-10-15)11-7-5-4-6-8-11/h4-8,10,12H,2-3,9H2,1H3,(H,14,15). The van der Waals surface area contributed by atoms with E-state index in [2.05, 4.69) is 5.32 Å². The number of nitrogens with one attached hydrogen (secondary N) is 1. The van der Waals surface area contributed by atoms with E-state index >= 15 is 0 Å². The Bertz CT molecular complexity index is 351. The van der Waals surface area contributed by atoms with Gasteiger partial charge in [0, 0.05) is 0 Å². The zero-order valence-electron chi connectivity index (χ0n) is 9.89. The van der Waals surface area contributed by atoms with Crippen molar-refractivity contribution in [3.63, 3.8) is 0 Å². The Morgan fingerprint density at radius 3 is 2.71 bits per heavy atom. The summed E-state index contributed by atoms with van der Waals surface area (Å²) in [6.45, 7) is 2.41. The van der Waals surface area contributed by atoms with Gasteiger partial charge in [0.05, 0.1) is 6.61 Å². The van der Waals surface area contributed by atoms with E-state index < -0.39 is 12.0 Å². The fourth-order valence-electron chi connectivity index (χ4n) is 1.41. The maximum absolute atomic E-state index is 11.8. The summed E-state index contributed by atoms with van der Waals surface area (Å²) in [5.74, 6) is -0.420. The van der Waals surface area contributed by atoms with Gasteiger partial charge < -0.3 is 10.1 Å². The molecule has 4 heteroatoms. The summed E-state index contributed by atoms with van der Waals surface area (Å²) >= 11 is 0. The second-order valence-corrected chi connectivity index (χ2v) is 3.65. The highest BCUT2D eigenvalue weighted by molar-refractivity contribution is 5.79. The highest BCUT2D eigenvalue weighted by Crippen LogP contribution is 2.13. The summed E-state index contributed by atoms with van der Waals surface area (Å²) in [6, 6.07) is 8.32. The van der Waals surface area contributed by atoms with Crippen molar-refractivity contribution in [3.05, 3.63) is 35.9 Å². The van der Waals surface area contributed by atoms with E-state index in [1.165, 1.54) is 0 Å². The third-order valence-electron chi connectivity index (χ3n) is 2.35. The zero-order chi connectivity index (χ0) is 12.5. The summed E-state index contributed by atoms with van der Waals surface area (Å²) < 4.78 is 5.09. The summed E-state index contributed by atoms with van der Waals surface area (Å²) in [5.41, 5.74) is 0.723. The summed E-state index contributed by atoms with van der Waals surface area (Å²) in [4.78, 5) is 22.3. The molecule has 0 spiro atoms. The molecule has 1 amide bonds. The van der Waals surface area contributed by atoms with E-state index in [-0.39, 0.29) is 0 Å². The van der Waals surface area contributed by atoms with Crippen LogP contribution in [0.5, 0.6) is 0 Å². The molecule has 0 aliphatic carbocycles. The molecule has 0 aromatic heterocycles. The van der Waals surface area contributed by atoms with Crippen LogP contribution in [0.4, 0.5) is 0 Å². The van der Waals surface area contributed by atoms with Gasteiger partial charge in [0.1, 0.15) is 0 Å². The van der Waals surface area contributed by atoms with Crippen molar-refractivity contribution >= 4 is 12.4 Å². The molecule has 1 rings (SSSR count). The van der Waals surface area contributed by atoms with Crippen LogP contribution in [0, 0.1) is 0 Å². The molecular formula is C13H17NO3. The Hall–Kier alpha value is -1.84. The second-order valence-electron chi connectivity index (χ2n) is 3.65. The maximum Gasteiger partial charge on any atom is 0.333 e. The van der Waals surface area contributed by atoms with Crippen LogP contribution in [-0.4, -0.2) is 19.0 Å². The first-order chi connectivity index (χ1) is 8.29. The van der Waals surface area contributed by atoms with Crippen molar-refractivity contribution in [2.24, 2.45) is 0 Å². The molecule has 4 nitrogen and oxygen atoms in total. The van der Waals surface area contributed by atoms with E-state index in [9.17, 15) is 9.59 Å². The Labute approximate surface area is 101 Å². The third kappa shape index (κ3) is 4.26. The minimum absolute atomic E-state index is 0.388. The van der Waals surface area contributed by atoms with Gasteiger partial charge in [0.15, 0.2) is 6.04 Å². The lowest BCUT2D eigenvalue weighted by Gasteiger charge is -2.15. The lowest BCUT2D eigenvalue weighted by atomic mass is 10.1. The fourth-order valence-corrected chi connectivity index (χ4v) is 1.41. The SMILES string of the molecule is CCCCOC(=O)C(NC=O)c1ccccc1. The number of unbranched alkanes of at least 4 members (excludes halogenated alkanes) is 1. The first kappa shape index (κ1) is 13.2. The molecule has 0 bridgehead atoms. The molecule has 0 radical (unpaired) electrons. The van der Waals surface area contributed by atoms with E-state index in [0.29, 0.717) is 13.0 Å². The van der Waals surface area contributed by atoms with E-state index in [0.717, 1.165) is 18.4 Å². The Morgan fingerprint density at radius 1 is 1.41 bits per heavy atom. The van der Waals surface area contributed by atoms with Gasteiger partial charge >= 0.3 is 5.97 Å². The number of hydrogen-bond donors (Lipinski definition) is 1. The van der Waals surface area contributed by atoms with Crippen LogP contribution in [0.3, 0.4) is 0 Å². The van der Waals surface area contributed by atoms with Crippen molar-refractivity contribution in [1.82, 2.24) is 5.32 Å². The predicted molar refractivity (Wildman–Crippen MR) is 64.2 cm³/mol. The van der Waals surface area contributed by atoms with Crippen molar-refractivity contribution in [1.29, 1.82) is 0 Å². The monoisotopic (exact) mass is 235 g/mol. The van der Waals surface area contributed by atoms with Crippen LogP contribution < -0.4 is 5.32 Å². The molecule has 1 unspecified atom stereocenters. The second kappa shape index (κ2) is 7.44. The number of carbonyl (C=O) groups is 2. The number of ether oxygens (including phenoxy) is 1. The Morgan fingerprint density at radius 2 is 2.12 bits per heavy atom. The summed E-state index contributed by atoms with van der Waals surface area (Å²) in [7, 11) is 0. The molecule has 1 aromatic carbocycles. The predicted octanol–water partition coefficient (Wildman–Crippen LogP) is 1.82.